The lowest BCUT2D eigenvalue weighted by atomic mass is 9.83. The Hall–Kier alpha value is 0.420. The Labute approximate surface area is 86.8 Å². The maximum absolute atomic E-state index is 9.67. The molecule has 13 heavy (non-hydrogen) atoms. The van der Waals surface area contributed by atoms with Crippen LogP contribution in [0.2, 0.25) is 0 Å². The van der Waals surface area contributed by atoms with Gasteiger partial charge in [0.2, 0.25) is 0 Å². The van der Waals surface area contributed by atoms with E-state index in [9.17, 15) is 10.2 Å². The number of halogens is 2. The zero-order valence-electron chi connectivity index (χ0n) is 7.03. The average Bonchev–Trinajstić information content (AvgIpc) is 2.31. The number of aliphatic hydroxyl groups excluding tert-OH is 2. The molecule has 0 aromatic heterocycles. The second-order valence-corrected chi connectivity index (χ2v) is 4.40. The summed E-state index contributed by atoms with van der Waals surface area (Å²) in [5.74, 6) is 0. The molecule has 0 aromatic carbocycles. The van der Waals surface area contributed by atoms with Crippen molar-refractivity contribution in [2.45, 2.75) is 23.0 Å². The third kappa shape index (κ3) is 1.46. The van der Waals surface area contributed by atoms with Crippen molar-refractivity contribution >= 4 is 23.2 Å². The Morgan fingerprint density at radius 3 is 1.77 bits per heavy atom. The van der Waals surface area contributed by atoms with Crippen molar-refractivity contribution in [1.29, 1.82) is 0 Å². The van der Waals surface area contributed by atoms with Crippen LogP contribution in [0.1, 0.15) is 0 Å². The highest BCUT2D eigenvalue weighted by atomic mass is 35.5. The molecule has 4 atom stereocenters. The summed E-state index contributed by atoms with van der Waals surface area (Å²) in [5.41, 5.74) is 10.1. The fourth-order valence-electron chi connectivity index (χ4n) is 1.72. The van der Waals surface area contributed by atoms with Crippen molar-refractivity contribution in [2.75, 3.05) is 13.1 Å². The lowest BCUT2D eigenvalue weighted by Gasteiger charge is -2.32. The number of aliphatic hydroxyl groups is 2. The Morgan fingerprint density at radius 2 is 1.62 bits per heavy atom. The van der Waals surface area contributed by atoms with Gasteiger partial charge in [0.05, 0.1) is 23.0 Å². The average molecular weight is 229 g/mol. The minimum Gasteiger partial charge on any atom is -0.390 e. The minimum absolute atomic E-state index is 0.110. The fourth-order valence-corrected chi connectivity index (χ4v) is 2.56. The highest BCUT2D eigenvalue weighted by Gasteiger charge is 2.57. The van der Waals surface area contributed by atoms with Crippen molar-refractivity contribution in [3.8, 4) is 0 Å². The van der Waals surface area contributed by atoms with Crippen LogP contribution in [0.3, 0.4) is 0 Å². The topological polar surface area (TPSA) is 92.5 Å². The van der Waals surface area contributed by atoms with Gasteiger partial charge in [-0.15, -0.1) is 23.2 Å². The lowest BCUT2D eigenvalue weighted by molar-refractivity contribution is -0.0131. The van der Waals surface area contributed by atoms with Gasteiger partial charge < -0.3 is 21.7 Å². The van der Waals surface area contributed by atoms with Crippen LogP contribution >= 0.6 is 23.2 Å². The lowest BCUT2D eigenvalue weighted by Crippen LogP contribution is -2.50. The molecule has 0 aromatic rings. The van der Waals surface area contributed by atoms with Crippen molar-refractivity contribution in [2.24, 2.45) is 16.9 Å². The zero-order chi connectivity index (χ0) is 10.2. The monoisotopic (exact) mass is 228 g/mol. The summed E-state index contributed by atoms with van der Waals surface area (Å²) in [4.78, 5) is 0. The van der Waals surface area contributed by atoms with Gasteiger partial charge in [0.1, 0.15) is 0 Å². The molecule has 1 aliphatic rings. The van der Waals surface area contributed by atoms with E-state index in [0.29, 0.717) is 0 Å². The summed E-state index contributed by atoms with van der Waals surface area (Å²) in [6.45, 7) is 0.220. The van der Waals surface area contributed by atoms with E-state index in [1.807, 2.05) is 0 Å². The normalized spacial score (nSPS) is 43.8. The van der Waals surface area contributed by atoms with Gasteiger partial charge in [-0.3, -0.25) is 0 Å². The summed E-state index contributed by atoms with van der Waals surface area (Å²) in [6, 6.07) is 0. The first kappa shape index (κ1) is 11.5. The predicted molar refractivity (Wildman–Crippen MR) is 51.8 cm³/mol. The number of hydrogen-bond donors (Lipinski definition) is 4. The van der Waals surface area contributed by atoms with Crippen LogP contribution in [-0.4, -0.2) is 46.3 Å². The van der Waals surface area contributed by atoms with E-state index in [0.717, 1.165) is 0 Å². The zero-order valence-corrected chi connectivity index (χ0v) is 8.54. The number of rotatable bonds is 2. The molecule has 0 saturated heterocycles. The van der Waals surface area contributed by atoms with Crippen LogP contribution < -0.4 is 11.5 Å². The van der Waals surface area contributed by atoms with Gasteiger partial charge in [-0.2, -0.15) is 0 Å². The van der Waals surface area contributed by atoms with Crippen LogP contribution in [0.4, 0.5) is 0 Å². The third-order valence-electron chi connectivity index (χ3n) is 2.83. The maximum atomic E-state index is 9.67. The van der Waals surface area contributed by atoms with Gasteiger partial charge in [-0.25, -0.2) is 0 Å². The van der Waals surface area contributed by atoms with Crippen LogP contribution in [0.15, 0.2) is 0 Å². The Morgan fingerprint density at radius 1 is 1.15 bits per heavy atom. The summed E-state index contributed by atoms with van der Waals surface area (Å²) < 4.78 is 0. The Bertz CT molecular complexity index is 173. The van der Waals surface area contributed by atoms with Crippen molar-refractivity contribution in [1.82, 2.24) is 0 Å². The summed E-state index contributed by atoms with van der Waals surface area (Å²) >= 11 is 11.8. The van der Waals surface area contributed by atoms with Crippen LogP contribution in [0.25, 0.3) is 0 Å². The highest BCUT2D eigenvalue weighted by Crippen LogP contribution is 2.43. The molecular formula is C7H14Cl2N2O2. The first-order valence-electron chi connectivity index (χ1n) is 4.05. The minimum atomic E-state index is -1.06. The van der Waals surface area contributed by atoms with Crippen LogP contribution in [0.5, 0.6) is 0 Å². The molecule has 1 rings (SSSR count). The Kier molecular flexibility index (Phi) is 3.43. The molecule has 0 heterocycles. The molecule has 6 heteroatoms. The SMILES string of the molecule is NCC1(CN)C(O)C(O)C(Cl)C1Cl. The van der Waals surface area contributed by atoms with Crippen LogP contribution in [0, 0.1) is 5.41 Å². The van der Waals surface area contributed by atoms with Crippen molar-refractivity contribution in [3.63, 3.8) is 0 Å². The molecule has 0 aliphatic heterocycles. The van der Waals surface area contributed by atoms with Gasteiger partial charge in [0, 0.05) is 18.5 Å². The molecule has 1 fully saturated rings. The molecule has 0 amide bonds. The van der Waals surface area contributed by atoms with E-state index in [1.54, 1.807) is 0 Å². The Balaban J connectivity index is 2.96. The fraction of sp³-hybridized carbons (Fsp3) is 1.00. The second kappa shape index (κ2) is 3.88. The summed E-state index contributed by atoms with van der Waals surface area (Å²) in [7, 11) is 0. The standard InChI is InChI=1S/C7H14Cl2N2O2/c8-3-4(12)6(13)7(1-10,2-11)5(3)9/h3-6,12-13H,1-2,10-11H2. The molecule has 0 bridgehead atoms. The molecule has 6 N–H and O–H groups in total. The largest absolute Gasteiger partial charge is 0.390 e. The first-order valence-corrected chi connectivity index (χ1v) is 4.93. The number of alkyl halides is 2. The summed E-state index contributed by atoms with van der Waals surface area (Å²) in [6.07, 6.45) is -2.11. The molecule has 4 nitrogen and oxygen atoms in total. The second-order valence-electron chi connectivity index (χ2n) is 3.42. The third-order valence-corrected chi connectivity index (χ3v) is 4.17. The number of hydrogen-bond acceptors (Lipinski definition) is 4. The van der Waals surface area contributed by atoms with Gasteiger partial charge in [-0.1, -0.05) is 0 Å². The van der Waals surface area contributed by atoms with Gasteiger partial charge in [-0.05, 0) is 0 Å². The van der Waals surface area contributed by atoms with Gasteiger partial charge in [0.15, 0.2) is 0 Å². The molecule has 78 valence electrons. The predicted octanol–water partition coefficient (Wildman–Crippen LogP) is -1.16. The molecule has 1 aliphatic carbocycles. The van der Waals surface area contributed by atoms with E-state index < -0.39 is 28.4 Å². The van der Waals surface area contributed by atoms with Crippen molar-refractivity contribution < 1.29 is 10.2 Å². The molecular weight excluding hydrogens is 215 g/mol. The first-order chi connectivity index (χ1) is 6.01. The van der Waals surface area contributed by atoms with Crippen LogP contribution in [-0.2, 0) is 0 Å². The molecule has 0 radical (unpaired) electrons. The van der Waals surface area contributed by atoms with Crippen molar-refractivity contribution in [3.05, 3.63) is 0 Å². The smallest absolute Gasteiger partial charge is 0.0983 e. The van der Waals surface area contributed by atoms with E-state index in [-0.39, 0.29) is 13.1 Å². The van der Waals surface area contributed by atoms with Gasteiger partial charge in [0.25, 0.3) is 0 Å². The molecule has 4 unspecified atom stereocenters. The van der Waals surface area contributed by atoms with E-state index in [4.69, 9.17) is 34.7 Å². The maximum Gasteiger partial charge on any atom is 0.0983 e. The number of nitrogens with two attached hydrogens (primary N) is 2. The quantitative estimate of drug-likeness (QED) is 0.449. The molecule has 1 saturated carbocycles. The van der Waals surface area contributed by atoms with E-state index in [1.165, 1.54) is 0 Å². The van der Waals surface area contributed by atoms with Gasteiger partial charge >= 0.3 is 0 Å². The summed E-state index contributed by atoms with van der Waals surface area (Å²) in [5, 5.41) is 17.8. The molecule has 0 spiro atoms. The highest BCUT2D eigenvalue weighted by molar-refractivity contribution is 6.31. The van der Waals surface area contributed by atoms with E-state index in [2.05, 4.69) is 0 Å². The van der Waals surface area contributed by atoms with E-state index >= 15 is 0 Å².